The van der Waals surface area contributed by atoms with Crippen LogP contribution in [-0.2, 0) is 4.74 Å². The first-order valence-electron chi connectivity index (χ1n) is 7.64. The summed E-state index contributed by atoms with van der Waals surface area (Å²) in [6, 6.07) is 0. The number of alkyl halides is 1. The molecule has 0 aromatic carbocycles. The average molecular weight is 375 g/mol. The SMILES string of the molecule is CC(C)(C)OC(=O)N1CCN(CC2C=CC(Br)=CC2F)CC1. The Morgan fingerprint density at radius 3 is 2.55 bits per heavy atom. The topological polar surface area (TPSA) is 32.8 Å². The summed E-state index contributed by atoms with van der Waals surface area (Å²) in [6.45, 7) is 9.03. The van der Waals surface area contributed by atoms with Crippen LogP contribution in [-0.4, -0.2) is 60.4 Å². The Balaban J connectivity index is 1.78. The van der Waals surface area contributed by atoms with Gasteiger partial charge in [-0.25, -0.2) is 9.18 Å². The number of carbonyl (C=O) groups excluding carboxylic acids is 1. The van der Waals surface area contributed by atoms with Gasteiger partial charge in [0.25, 0.3) is 0 Å². The lowest BCUT2D eigenvalue weighted by Gasteiger charge is -2.37. The maximum absolute atomic E-state index is 14.0. The Hall–Kier alpha value is -0.880. The highest BCUT2D eigenvalue weighted by molar-refractivity contribution is 9.11. The first-order chi connectivity index (χ1) is 10.2. The van der Waals surface area contributed by atoms with Crippen LogP contribution in [0.5, 0.6) is 0 Å². The van der Waals surface area contributed by atoms with E-state index in [-0.39, 0.29) is 12.0 Å². The van der Waals surface area contributed by atoms with Crippen molar-refractivity contribution in [1.29, 1.82) is 0 Å². The Labute approximate surface area is 140 Å². The summed E-state index contributed by atoms with van der Waals surface area (Å²) >= 11 is 3.29. The van der Waals surface area contributed by atoms with Gasteiger partial charge < -0.3 is 9.64 Å². The number of rotatable bonds is 2. The molecule has 0 aromatic rings. The molecule has 0 saturated carbocycles. The van der Waals surface area contributed by atoms with Gasteiger partial charge in [0.15, 0.2) is 0 Å². The fraction of sp³-hybridized carbons (Fsp3) is 0.688. The molecule has 4 nitrogen and oxygen atoms in total. The minimum Gasteiger partial charge on any atom is -0.444 e. The van der Waals surface area contributed by atoms with Gasteiger partial charge in [-0.05, 0) is 26.8 Å². The number of piperazine rings is 1. The van der Waals surface area contributed by atoms with Gasteiger partial charge in [0.05, 0.1) is 0 Å². The summed E-state index contributed by atoms with van der Waals surface area (Å²) in [6.07, 6.45) is 4.19. The molecule has 0 radical (unpaired) electrons. The third-order valence-corrected chi connectivity index (χ3v) is 4.25. The van der Waals surface area contributed by atoms with Crippen molar-refractivity contribution in [3.63, 3.8) is 0 Å². The first kappa shape index (κ1) is 17.5. The number of halogens is 2. The number of hydrogen-bond acceptors (Lipinski definition) is 3. The van der Waals surface area contributed by atoms with Crippen LogP contribution in [0.1, 0.15) is 20.8 Å². The van der Waals surface area contributed by atoms with Gasteiger partial charge in [0.1, 0.15) is 11.8 Å². The van der Waals surface area contributed by atoms with Gasteiger partial charge >= 0.3 is 6.09 Å². The van der Waals surface area contributed by atoms with Gasteiger partial charge in [-0.15, -0.1) is 0 Å². The smallest absolute Gasteiger partial charge is 0.410 e. The van der Waals surface area contributed by atoms with Crippen molar-refractivity contribution >= 4 is 22.0 Å². The fourth-order valence-electron chi connectivity index (χ4n) is 2.55. The van der Waals surface area contributed by atoms with Crippen molar-refractivity contribution in [3.8, 4) is 0 Å². The summed E-state index contributed by atoms with van der Waals surface area (Å²) in [5, 5.41) is 0. The van der Waals surface area contributed by atoms with E-state index in [4.69, 9.17) is 4.74 Å². The molecule has 2 aliphatic rings. The zero-order chi connectivity index (χ0) is 16.3. The van der Waals surface area contributed by atoms with Crippen LogP contribution in [0.25, 0.3) is 0 Å². The maximum atomic E-state index is 14.0. The van der Waals surface area contributed by atoms with Crippen LogP contribution in [0.3, 0.4) is 0 Å². The molecule has 1 aliphatic heterocycles. The number of ether oxygens (including phenoxy) is 1. The summed E-state index contributed by atoms with van der Waals surface area (Å²) in [7, 11) is 0. The molecule has 124 valence electrons. The van der Waals surface area contributed by atoms with Crippen LogP contribution >= 0.6 is 15.9 Å². The van der Waals surface area contributed by atoms with Gasteiger partial charge in [0, 0.05) is 43.1 Å². The molecule has 22 heavy (non-hydrogen) atoms. The largest absolute Gasteiger partial charge is 0.444 e. The molecule has 2 rings (SSSR count). The molecule has 0 bridgehead atoms. The zero-order valence-electron chi connectivity index (χ0n) is 13.4. The number of amides is 1. The Morgan fingerprint density at radius 1 is 1.36 bits per heavy atom. The second-order valence-electron chi connectivity index (χ2n) is 6.79. The van der Waals surface area contributed by atoms with E-state index in [9.17, 15) is 9.18 Å². The van der Waals surface area contributed by atoms with Crippen molar-refractivity contribution in [3.05, 3.63) is 22.7 Å². The monoisotopic (exact) mass is 374 g/mol. The van der Waals surface area contributed by atoms with Crippen LogP contribution in [0, 0.1) is 5.92 Å². The first-order valence-corrected chi connectivity index (χ1v) is 8.44. The van der Waals surface area contributed by atoms with Crippen LogP contribution in [0.2, 0.25) is 0 Å². The maximum Gasteiger partial charge on any atom is 0.410 e. The Bertz CT molecular complexity index is 465. The highest BCUT2D eigenvalue weighted by Gasteiger charge is 2.28. The molecular formula is C16H24BrFN2O2. The van der Waals surface area contributed by atoms with E-state index in [1.54, 1.807) is 11.0 Å². The predicted octanol–water partition coefficient (Wildman–Crippen LogP) is 3.34. The number of carbonyl (C=O) groups is 1. The summed E-state index contributed by atoms with van der Waals surface area (Å²) in [5.74, 6) is -0.116. The molecule has 6 heteroatoms. The van der Waals surface area contributed by atoms with Gasteiger partial charge in [0.2, 0.25) is 0 Å². The Morgan fingerprint density at radius 2 is 2.00 bits per heavy atom. The minimum absolute atomic E-state index is 0.116. The van der Waals surface area contributed by atoms with Gasteiger partial charge in [-0.3, -0.25) is 4.90 Å². The molecular weight excluding hydrogens is 351 g/mol. The van der Waals surface area contributed by atoms with Crippen molar-refractivity contribution < 1.29 is 13.9 Å². The Kier molecular flexibility index (Phi) is 5.66. The molecule has 1 aliphatic carbocycles. The second kappa shape index (κ2) is 7.13. The number of nitrogens with zero attached hydrogens (tertiary/aromatic N) is 2. The van der Waals surface area contributed by atoms with Crippen molar-refractivity contribution in [1.82, 2.24) is 9.80 Å². The summed E-state index contributed by atoms with van der Waals surface area (Å²) in [5.41, 5.74) is -0.470. The lowest BCUT2D eigenvalue weighted by molar-refractivity contribution is 0.0131. The van der Waals surface area contributed by atoms with Crippen LogP contribution < -0.4 is 0 Å². The van der Waals surface area contributed by atoms with Crippen molar-refractivity contribution in [2.45, 2.75) is 32.5 Å². The molecule has 2 unspecified atom stereocenters. The standard InChI is InChI=1S/C16H24BrFN2O2/c1-16(2,3)22-15(21)20-8-6-19(7-9-20)11-12-4-5-13(17)10-14(12)18/h4-5,10,12,14H,6-9,11H2,1-3H3. The fourth-order valence-corrected chi connectivity index (χ4v) is 2.96. The third-order valence-electron chi connectivity index (χ3n) is 3.72. The molecule has 1 heterocycles. The van der Waals surface area contributed by atoms with E-state index in [0.29, 0.717) is 19.6 Å². The van der Waals surface area contributed by atoms with Gasteiger partial charge in [-0.2, -0.15) is 0 Å². The molecule has 1 fully saturated rings. The van der Waals surface area contributed by atoms with E-state index in [1.165, 1.54) is 0 Å². The van der Waals surface area contributed by atoms with E-state index in [1.807, 2.05) is 32.9 Å². The van der Waals surface area contributed by atoms with Gasteiger partial charge in [-0.1, -0.05) is 28.1 Å². The summed E-state index contributed by atoms with van der Waals surface area (Å²) < 4.78 is 20.1. The molecule has 0 aromatic heterocycles. The summed E-state index contributed by atoms with van der Waals surface area (Å²) in [4.78, 5) is 15.9. The number of hydrogen-bond donors (Lipinski definition) is 0. The molecule has 1 saturated heterocycles. The lowest BCUT2D eigenvalue weighted by atomic mass is 9.98. The lowest BCUT2D eigenvalue weighted by Crippen LogP contribution is -2.51. The zero-order valence-corrected chi connectivity index (χ0v) is 15.0. The highest BCUT2D eigenvalue weighted by Crippen LogP contribution is 2.24. The minimum atomic E-state index is -0.955. The third kappa shape index (κ3) is 5.09. The second-order valence-corrected chi connectivity index (χ2v) is 7.70. The van der Waals surface area contributed by atoms with Crippen LogP contribution in [0.4, 0.5) is 9.18 Å². The average Bonchev–Trinajstić information content (AvgIpc) is 2.41. The van der Waals surface area contributed by atoms with E-state index in [0.717, 1.165) is 17.6 Å². The molecule has 2 atom stereocenters. The van der Waals surface area contributed by atoms with E-state index in [2.05, 4.69) is 20.8 Å². The van der Waals surface area contributed by atoms with Crippen molar-refractivity contribution in [2.24, 2.45) is 5.92 Å². The normalized spacial score (nSPS) is 26.8. The van der Waals surface area contributed by atoms with Crippen molar-refractivity contribution in [2.75, 3.05) is 32.7 Å². The quantitative estimate of drug-likeness (QED) is 0.742. The highest BCUT2D eigenvalue weighted by atomic mass is 79.9. The molecule has 0 N–H and O–H groups in total. The molecule has 1 amide bonds. The number of allylic oxidation sites excluding steroid dienone is 3. The van der Waals surface area contributed by atoms with E-state index >= 15 is 0 Å². The molecule has 0 spiro atoms. The van der Waals surface area contributed by atoms with E-state index < -0.39 is 11.8 Å². The predicted molar refractivity (Wildman–Crippen MR) is 88.8 cm³/mol. The van der Waals surface area contributed by atoms with Crippen LogP contribution in [0.15, 0.2) is 22.7 Å².